The molecule has 1 atom stereocenters. The Bertz CT molecular complexity index is 1400. The molecule has 3 aliphatic heterocycles. The largest absolute Gasteiger partial charge is 0.491 e. The van der Waals surface area contributed by atoms with Gasteiger partial charge in [0.15, 0.2) is 11.5 Å². The van der Waals surface area contributed by atoms with E-state index in [2.05, 4.69) is 8.75 Å². The SMILES string of the molecule is O=C1N(Cc2cccc3nsnc23)c2ccccc2C12COc1cc3c(cc12)OCO3. The van der Waals surface area contributed by atoms with Crippen molar-refractivity contribution in [3.8, 4) is 17.2 Å². The Balaban J connectivity index is 1.39. The Hall–Kier alpha value is -3.65. The van der Waals surface area contributed by atoms with Crippen molar-refractivity contribution < 1.29 is 19.0 Å². The molecule has 4 heterocycles. The molecule has 1 amide bonds. The molecule has 0 radical (unpaired) electrons. The van der Waals surface area contributed by atoms with E-state index in [0.717, 1.165) is 33.4 Å². The van der Waals surface area contributed by atoms with Crippen LogP contribution < -0.4 is 19.1 Å². The Morgan fingerprint density at radius 3 is 2.74 bits per heavy atom. The lowest BCUT2D eigenvalue weighted by molar-refractivity contribution is -0.122. The van der Waals surface area contributed by atoms with E-state index < -0.39 is 5.41 Å². The fourth-order valence-electron chi connectivity index (χ4n) is 4.88. The minimum atomic E-state index is -0.902. The number of hydrogen-bond donors (Lipinski definition) is 0. The third-order valence-electron chi connectivity index (χ3n) is 6.34. The number of amides is 1. The molecule has 7 nitrogen and oxygen atoms in total. The molecule has 0 saturated heterocycles. The van der Waals surface area contributed by atoms with Crippen LogP contribution in [0.5, 0.6) is 17.2 Å². The summed E-state index contributed by atoms with van der Waals surface area (Å²) in [4.78, 5) is 15.9. The third kappa shape index (κ3) is 2.14. The van der Waals surface area contributed by atoms with Gasteiger partial charge in [0, 0.05) is 22.9 Å². The van der Waals surface area contributed by atoms with Gasteiger partial charge in [0.05, 0.1) is 18.3 Å². The van der Waals surface area contributed by atoms with Crippen LogP contribution in [0.15, 0.2) is 54.6 Å². The molecule has 3 aliphatic rings. The Morgan fingerprint density at radius 1 is 0.935 bits per heavy atom. The molecule has 3 aromatic carbocycles. The van der Waals surface area contributed by atoms with Gasteiger partial charge in [-0.2, -0.15) is 8.75 Å². The van der Waals surface area contributed by atoms with Crippen LogP contribution in [-0.2, 0) is 16.8 Å². The molecule has 4 aromatic rings. The summed E-state index contributed by atoms with van der Waals surface area (Å²) in [6, 6.07) is 17.5. The van der Waals surface area contributed by atoms with Gasteiger partial charge in [-0.05, 0) is 23.8 Å². The number of carbonyl (C=O) groups is 1. The Morgan fingerprint density at radius 2 is 1.81 bits per heavy atom. The molecule has 0 fully saturated rings. The number of fused-ring (bicyclic) bond motifs is 6. The predicted molar refractivity (Wildman–Crippen MR) is 114 cm³/mol. The van der Waals surface area contributed by atoms with Gasteiger partial charge in [-0.1, -0.05) is 30.3 Å². The highest BCUT2D eigenvalue weighted by Gasteiger charge is 2.57. The lowest BCUT2D eigenvalue weighted by Gasteiger charge is -2.23. The van der Waals surface area contributed by atoms with Crippen LogP contribution >= 0.6 is 11.7 Å². The fraction of sp³-hybridized carbons (Fsp3) is 0.174. The first-order valence-electron chi connectivity index (χ1n) is 9.94. The summed E-state index contributed by atoms with van der Waals surface area (Å²) < 4.78 is 25.9. The summed E-state index contributed by atoms with van der Waals surface area (Å²) in [5.41, 5.74) is 4.41. The summed E-state index contributed by atoms with van der Waals surface area (Å²) >= 11 is 1.18. The van der Waals surface area contributed by atoms with Gasteiger partial charge >= 0.3 is 0 Å². The maximum atomic E-state index is 14.1. The number of rotatable bonds is 2. The van der Waals surface area contributed by atoms with E-state index in [0.29, 0.717) is 23.8 Å². The van der Waals surface area contributed by atoms with E-state index in [9.17, 15) is 4.79 Å². The second-order valence-electron chi connectivity index (χ2n) is 7.85. The van der Waals surface area contributed by atoms with E-state index in [4.69, 9.17) is 14.2 Å². The standard InChI is InChI=1S/C23H15N3O4S/c27-22-23(11-28-18-9-20-19(8-15(18)23)29-12-30-20)14-5-1-2-7-17(14)26(22)10-13-4-3-6-16-21(13)25-31-24-16/h1-9H,10-12H2. The first-order chi connectivity index (χ1) is 15.3. The highest BCUT2D eigenvalue weighted by molar-refractivity contribution is 7.00. The van der Waals surface area contributed by atoms with Gasteiger partial charge < -0.3 is 19.1 Å². The molecule has 1 aromatic heterocycles. The average Bonchev–Trinajstić information content (AvgIpc) is 3.56. The molecule has 0 saturated carbocycles. The van der Waals surface area contributed by atoms with Crippen molar-refractivity contribution in [1.29, 1.82) is 0 Å². The van der Waals surface area contributed by atoms with Gasteiger partial charge in [0.2, 0.25) is 12.7 Å². The van der Waals surface area contributed by atoms with Crippen LogP contribution in [0.1, 0.15) is 16.7 Å². The molecule has 152 valence electrons. The highest BCUT2D eigenvalue weighted by Crippen LogP contribution is 2.55. The van der Waals surface area contributed by atoms with Gasteiger partial charge in [-0.25, -0.2) is 0 Å². The van der Waals surface area contributed by atoms with Crippen LogP contribution in [-0.4, -0.2) is 28.1 Å². The van der Waals surface area contributed by atoms with Crippen LogP contribution in [0.4, 0.5) is 5.69 Å². The Labute approximate surface area is 181 Å². The summed E-state index contributed by atoms with van der Waals surface area (Å²) in [5.74, 6) is 1.95. The minimum absolute atomic E-state index is 0.00786. The summed E-state index contributed by atoms with van der Waals surface area (Å²) in [6.07, 6.45) is 0. The smallest absolute Gasteiger partial charge is 0.246 e. The van der Waals surface area contributed by atoms with E-state index in [1.54, 1.807) is 0 Å². The quantitative estimate of drug-likeness (QED) is 0.484. The number of aromatic nitrogens is 2. The van der Waals surface area contributed by atoms with Crippen LogP contribution in [0.2, 0.25) is 0 Å². The van der Waals surface area contributed by atoms with Gasteiger partial charge in [-0.15, -0.1) is 0 Å². The number of anilines is 1. The number of nitrogens with zero attached hydrogens (tertiary/aromatic N) is 3. The molecule has 8 heteroatoms. The topological polar surface area (TPSA) is 73.8 Å². The minimum Gasteiger partial charge on any atom is -0.491 e. The molecule has 0 bridgehead atoms. The molecule has 1 unspecified atom stereocenters. The van der Waals surface area contributed by atoms with Gasteiger partial charge in [-0.3, -0.25) is 4.79 Å². The van der Waals surface area contributed by atoms with Gasteiger partial charge in [0.1, 0.15) is 28.8 Å². The van der Waals surface area contributed by atoms with Crippen molar-refractivity contribution in [1.82, 2.24) is 8.75 Å². The third-order valence-corrected chi connectivity index (χ3v) is 6.88. The number of para-hydroxylation sites is 1. The summed E-state index contributed by atoms with van der Waals surface area (Å²) in [5, 5.41) is 0. The van der Waals surface area contributed by atoms with E-state index >= 15 is 0 Å². The fourth-order valence-corrected chi connectivity index (χ4v) is 5.45. The summed E-state index contributed by atoms with van der Waals surface area (Å²) in [7, 11) is 0. The van der Waals surface area contributed by atoms with E-state index in [-0.39, 0.29) is 19.3 Å². The second kappa shape index (κ2) is 5.95. The first kappa shape index (κ1) is 17.1. The predicted octanol–water partition coefficient (Wildman–Crippen LogP) is 3.65. The number of carbonyl (C=O) groups excluding carboxylic acids is 1. The summed E-state index contributed by atoms with van der Waals surface area (Å²) in [6.45, 7) is 0.841. The zero-order valence-electron chi connectivity index (χ0n) is 16.2. The maximum Gasteiger partial charge on any atom is 0.246 e. The Kier molecular flexibility index (Phi) is 3.28. The number of ether oxygens (including phenoxy) is 3. The van der Waals surface area contributed by atoms with Crippen molar-refractivity contribution >= 4 is 34.4 Å². The van der Waals surface area contributed by atoms with E-state index in [1.807, 2.05) is 59.5 Å². The molecular formula is C23H15N3O4S. The van der Waals surface area contributed by atoms with Crippen LogP contribution in [0.25, 0.3) is 11.0 Å². The lowest BCUT2D eigenvalue weighted by atomic mass is 9.77. The number of hydrogen-bond acceptors (Lipinski definition) is 7. The van der Waals surface area contributed by atoms with Crippen molar-refractivity contribution in [2.24, 2.45) is 0 Å². The lowest BCUT2D eigenvalue weighted by Crippen LogP contribution is -2.42. The average molecular weight is 429 g/mol. The molecule has 0 aliphatic carbocycles. The molecule has 31 heavy (non-hydrogen) atoms. The first-order valence-corrected chi connectivity index (χ1v) is 10.7. The normalized spacial score (nSPS) is 20.4. The van der Waals surface area contributed by atoms with Crippen molar-refractivity contribution in [3.63, 3.8) is 0 Å². The zero-order valence-corrected chi connectivity index (χ0v) is 17.0. The molecule has 1 spiro atoms. The van der Waals surface area contributed by atoms with Crippen molar-refractivity contribution in [3.05, 3.63) is 71.3 Å². The second-order valence-corrected chi connectivity index (χ2v) is 8.38. The van der Waals surface area contributed by atoms with Crippen molar-refractivity contribution in [2.45, 2.75) is 12.0 Å². The maximum absolute atomic E-state index is 14.1. The number of benzene rings is 3. The van der Waals surface area contributed by atoms with Crippen LogP contribution in [0, 0.1) is 0 Å². The van der Waals surface area contributed by atoms with Crippen molar-refractivity contribution in [2.75, 3.05) is 18.3 Å². The van der Waals surface area contributed by atoms with E-state index in [1.165, 1.54) is 11.7 Å². The highest BCUT2D eigenvalue weighted by atomic mass is 32.1. The van der Waals surface area contributed by atoms with Crippen LogP contribution in [0.3, 0.4) is 0 Å². The monoisotopic (exact) mass is 429 g/mol. The molecule has 7 rings (SSSR count). The zero-order chi connectivity index (χ0) is 20.6. The molecular weight excluding hydrogens is 414 g/mol. The molecule has 0 N–H and O–H groups in total. The van der Waals surface area contributed by atoms with Gasteiger partial charge in [0.25, 0.3) is 0 Å².